The molecule has 2 rings (SSSR count). The first-order chi connectivity index (χ1) is 10.0. The molecule has 1 saturated heterocycles. The molecule has 4 nitrogen and oxygen atoms in total. The van der Waals surface area contributed by atoms with Crippen LogP contribution in [0.2, 0.25) is 0 Å². The monoisotopic (exact) mass is 298 g/mol. The maximum absolute atomic E-state index is 13.4. The highest BCUT2D eigenvalue weighted by Gasteiger charge is 2.36. The highest BCUT2D eigenvalue weighted by atomic mass is 19.2. The van der Waals surface area contributed by atoms with Crippen LogP contribution in [0.5, 0.6) is 0 Å². The van der Waals surface area contributed by atoms with Crippen LogP contribution in [0.3, 0.4) is 0 Å². The number of hydrogen-bond acceptors (Lipinski definition) is 3. The Kier molecular flexibility index (Phi) is 5.25. The van der Waals surface area contributed by atoms with Crippen LogP contribution in [0.15, 0.2) is 18.2 Å². The first-order valence-electron chi connectivity index (χ1n) is 7.13. The van der Waals surface area contributed by atoms with Crippen LogP contribution in [0.4, 0.5) is 8.78 Å². The Morgan fingerprint density at radius 1 is 1.33 bits per heavy atom. The van der Waals surface area contributed by atoms with Crippen molar-refractivity contribution in [2.24, 2.45) is 0 Å². The van der Waals surface area contributed by atoms with E-state index in [-0.39, 0.29) is 11.9 Å². The van der Waals surface area contributed by atoms with E-state index in [4.69, 9.17) is 4.74 Å². The predicted octanol–water partition coefficient (Wildman–Crippen LogP) is 2.21. The van der Waals surface area contributed by atoms with Crippen LogP contribution in [0.1, 0.15) is 32.0 Å². The van der Waals surface area contributed by atoms with Crippen molar-refractivity contribution in [3.8, 4) is 0 Å². The third-order valence-corrected chi connectivity index (χ3v) is 3.52. The number of amides is 1. The van der Waals surface area contributed by atoms with E-state index in [9.17, 15) is 13.6 Å². The molecule has 1 fully saturated rings. The Balaban J connectivity index is 2.11. The lowest BCUT2D eigenvalue weighted by Gasteiger charge is -2.24. The van der Waals surface area contributed by atoms with Gasteiger partial charge in [-0.2, -0.15) is 0 Å². The van der Waals surface area contributed by atoms with Crippen LogP contribution in [-0.4, -0.2) is 36.6 Å². The van der Waals surface area contributed by atoms with Gasteiger partial charge in [0.25, 0.3) is 0 Å². The summed E-state index contributed by atoms with van der Waals surface area (Å²) in [5.74, 6) is -1.84. The van der Waals surface area contributed by atoms with Gasteiger partial charge in [0.15, 0.2) is 11.6 Å². The van der Waals surface area contributed by atoms with E-state index < -0.39 is 17.8 Å². The van der Waals surface area contributed by atoms with Gasteiger partial charge in [0.05, 0.1) is 6.04 Å². The average molecular weight is 298 g/mol. The molecule has 1 heterocycles. The second-order valence-electron chi connectivity index (χ2n) is 5.05. The molecular weight excluding hydrogens is 278 g/mol. The molecule has 1 aromatic rings. The summed E-state index contributed by atoms with van der Waals surface area (Å²) in [7, 11) is 0. The fourth-order valence-electron chi connectivity index (χ4n) is 2.45. The zero-order valence-corrected chi connectivity index (χ0v) is 12.2. The maximum atomic E-state index is 13.4. The van der Waals surface area contributed by atoms with Gasteiger partial charge in [0.2, 0.25) is 5.91 Å². The van der Waals surface area contributed by atoms with Gasteiger partial charge in [-0.15, -0.1) is 0 Å². The second kappa shape index (κ2) is 6.95. The SMILES string of the molecule is CCOCCCN1C(=O)C(C)NC1c1ccc(F)c(F)c1. The minimum atomic E-state index is -0.907. The molecule has 2 unspecified atom stereocenters. The van der Waals surface area contributed by atoms with E-state index >= 15 is 0 Å². The maximum Gasteiger partial charge on any atom is 0.241 e. The summed E-state index contributed by atoms with van der Waals surface area (Å²) >= 11 is 0. The van der Waals surface area contributed by atoms with Crippen molar-refractivity contribution >= 4 is 5.91 Å². The number of nitrogens with zero attached hydrogens (tertiary/aromatic N) is 1. The third kappa shape index (κ3) is 3.57. The molecular formula is C15H20F2N2O2. The Hall–Kier alpha value is -1.53. The van der Waals surface area contributed by atoms with E-state index in [2.05, 4.69) is 5.32 Å². The Morgan fingerprint density at radius 2 is 2.10 bits per heavy atom. The number of rotatable bonds is 6. The van der Waals surface area contributed by atoms with Crippen molar-refractivity contribution in [1.29, 1.82) is 0 Å². The summed E-state index contributed by atoms with van der Waals surface area (Å²) in [6.45, 7) is 5.39. The Morgan fingerprint density at radius 3 is 2.76 bits per heavy atom. The van der Waals surface area contributed by atoms with Crippen LogP contribution < -0.4 is 5.32 Å². The molecule has 0 spiro atoms. The molecule has 6 heteroatoms. The number of nitrogens with one attached hydrogen (secondary N) is 1. The topological polar surface area (TPSA) is 41.6 Å². The number of hydrogen-bond donors (Lipinski definition) is 1. The molecule has 116 valence electrons. The minimum Gasteiger partial charge on any atom is -0.382 e. The van der Waals surface area contributed by atoms with Crippen LogP contribution >= 0.6 is 0 Å². The molecule has 1 aromatic carbocycles. The standard InChI is InChI=1S/C15H20F2N2O2/c1-3-21-8-4-7-19-14(18-10(2)15(19)20)11-5-6-12(16)13(17)9-11/h5-6,9-10,14,18H,3-4,7-8H2,1-2H3. The van der Waals surface area contributed by atoms with Gasteiger partial charge in [0, 0.05) is 19.8 Å². The normalized spacial score (nSPS) is 22.1. The van der Waals surface area contributed by atoms with E-state index in [1.807, 2.05) is 6.92 Å². The lowest BCUT2D eigenvalue weighted by molar-refractivity contribution is -0.130. The molecule has 21 heavy (non-hydrogen) atoms. The van der Waals surface area contributed by atoms with Crippen molar-refractivity contribution in [2.75, 3.05) is 19.8 Å². The minimum absolute atomic E-state index is 0.0405. The van der Waals surface area contributed by atoms with Gasteiger partial charge >= 0.3 is 0 Å². The predicted molar refractivity (Wildman–Crippen MR) is 74.5 cm³/mol. The van der Waals surface area contributed by atoms with Gasteiger partial charge in [-0.1, -0.05) is 6.07 Å². The molecule has 0 aromatic heterocycles. The lowest BCUT2D eigenvalue weighted by atomic mass is 10.1. The summed E-state index contributed by atoms with van der Waals surface area (Å²) < 4.78 is 31.7. The summed E-state index contributed by atoms with van der Waals surface area (Å²) in [5.41, 5.74) is 0.544. The molecule has 1 aliphatic rings. The zero-order chi connectivity index (χ0) is 15.4. The molecule has 0 saturated carbocycles. The van der Waals surface area contributed by atoms with E-state index in [1.165, 1.54) is 6.07 Å². The number of carbonyl (C=O) groups is 1. The van der Waals surface area contributed by atoms with Crippen molar-refractivity contribution in [3.05, 3.63) is 35.4 Å². The number of halogens is 2. The van der Waals surface area contributed by atoms with Gasteiger partial charge < -0.3 is 9.64 Å². The fraction of sp³-hybridized carbons (Fsp3) is 0.533. The van der Waals surface area contributed by atoms with Crippen molar-refractivity contribution in [1.82, 2.24) is 10.2 Å². The lowest BCUT2D eigenvalue weighted by Crippen LogP contribution is -2.32. The van der Waals surface area contributed by atoms with Gasteiger partial charge in [0.1, 0.15) is 6.17 Å². The second-order valence-corrected chi connectivity index (χ2v) is 5.05. The smallest absolute Gasteiger partial charge is 0.241 e. The first kappa shape index (κ1) is 15.9. The molecule has 0 aliphatic carbocycles. The fourth-order valence-corrected chi connectivity index (χ4v) is 2.45. The number of benzene rings is 1. The summed E-state index contributed by atoms with van der Waals surface area (Å²) in [6.07, 6.45) is 0.276. The quantitative estimate of drug-likeness (QED) is 0.819. The Bertz CT molecular complexity index is 510. The highest BCUT2D eigenvalue weighted by molar-refractivity contribution is 5.84. The summed E-state index contributed by atoms with van der Waals surface area (Å²) in [6, 6.07) is 3.37. The van der Waals surface area contributed by atoms with Gasteiger partial charge in [-0.05, 0) is 38.0 Å². The van der Waals surface area contributed by atoms with E-state index in [1.54, 1.807) is 11.8 Å². The zero-order valence-electron chi connectivity index (χ0n) is 12.2. The molecule has 0 bridgehead atoms. The van der Waals surface area contributed by atoms with Crippen molar-refractivity contribution < 1.29 is 18.3 Å². The molecule has 1 amide bonds. The van der Waals surface area contributed by atoms with Crippen molar-refractivity contribution in [2.45, 2.75) is 32.5 Å². The summed E-state index contributed by atoms with van der Waals surface area (Å²) in [5, 5.41) is 3.10. The summed E-state index contributed by atoms with van der Waals surface area (Å²) in [4.78, 5) is 13.8. The van der Waals surface area contributed by atoms with Gasteiger partial charge in [-0.3, -0.25) is 10.1 Å². The third-order valence-electron chi connectivity index (χ3n) is 3.52. The Labute approximate surface area is 123 Å². The highest BCUT2D eigenvalue weighted by Crippen LogP contribution is 2.26. The van der Waals surface area contributed by atoms with Crippen molar-refractivity contribution in [3.63, 3.8) is 0 Å². The number of carbonyl (C=O) groups excluding carboxylic acids is 1. The van der Waals surface area contributed by atoms with E-state index in [0.29, 0.717) is 31.7 Å². The molecule has 1 aliphatic heterocycles. The molecule has 0 radical (unpaired) electrons. The first-order valence-corrected chi connectivity index (χ1v) is 7.13. The average Bonchev–Trinajstić information content (AvgIpc) is 2.74. The molecule has 2 atom stereocenters. The van der Waals surface area contributed by atoms with E-state index in [0.717, 1.165) is 12.1 Å². The van der Waals surface area contributed by atoms with Crippen LogP contribution in [0, 0.1) is 11.6 Å². The van der Waals surface area contributed by atoms with Crippen LogP contribution in [-0.2, 0) is 9.53 Å². The van der Waals surface area contributed by atoms with Crippen LogP contribution in [0.25, 0.3) is 0 Å². The largest absolute Gasteiger partial charge is 0.382 e. The number of ether oxygens (including phenoxy) is 1. The van der Waals surface area contributed by atoms with Gasteiger partial charge in [-0.25, -0.2) is 8.78 Å². The molecule has 1 N–H and O–H groups in total.